The quantitative estimate of drug-likeness (QED) is 0.674. The number of hydrogen-bond donors (Lipinski definition) is 1. The number of aromatic nitrogens is 1. The Balaban J connectivity index is 2.94. The number of benzene rings is 1. The summed E-state index contributed by atoms with van der Waals surface area (Å²) in [6, 6.07) is 3.84. The van der Waals surface area contributed by atoms with Crippen molar-refractivity contribution in [2.75, 3.05) is 5.73 Å². The van der Waals surface area contributed by atoms with Gasteiger partial charge in [0, 0.05) is 17.0 Å². The zero-order valence-electron chi connectivity index (χ0n) is 6.59. The van der Waals surface area contributed by atoms with Crippen molar-refractivity contribution in [3.63, 3.8) is 0 Å². The Kier molecular flexibility index (Phi) is 1.62. The summed E-state index contributed by atoms with van der Waals surface area (Å²) in [5, 5.41) is 0.592. The molecule has 2 rings (SSSR count). The zero-order valence-corrected chi connectivity index (χ0v) is 6.59. The highest BCUT2D eigenvalue weighted by atomic mass is 19.2. The number of nitrogens with zero attached hydrogens (tertiary/aromatic N) is 1. The summed E-state index contributed by atoms with van der Waals surface area (Å²) < 4.78 is 25.9. The summed E-state index contributed by atoms with van der Waals surface area (Å²) in [5.41, 5.74) is 5.47. The molecule has 0 amide bonds. The fourth-order valence-electron chi connectivity index (χ4n) is 1.21. The van der Waals surface area contributed by atoms with E-state index in [1.807, 2.05) is 0 Å². The highest BCUT2D eigenvalue weighted by molar-refractivity contribution is 5.91. The number of halogens is 2. The van der Waals surface area contributed by atoms with Crippen LogP contribution >= 0.6 is 0 Å². The van der Waals surface area contributed by atoms with Crippen LogP contribution in [0.25, 0.3) is 10.8 Å². The van der Waals surface area contributed by atoms with Gasteiger partial charge in [-0.05, 0) is 18.2 Å². The zero-order chi connectivity index (χ0) is 9.42. The van der Waals surface area contributed by atoms with Crippen LogP contribution in [0.5, 0.6) is 0 Å². The predicted octanol–water partition coefficient (Wildman–Crippen LogP) is 2.10. The molecule has 0 aliphatic rings. The van der Waals surface area contributed by atoms with Crippen molar-refractivity contribution in [3.05, 3.63) is 36.0 Å². The molecule has 1 aromatic heterocycles. The maximum atomic E-state index is 13.1. The minimum Gasteiger partial charge on any atom is -0.383 e. The van der Waals surface area contributed by atoms with Crippen LogP contribution in [-0.2, 0) is 0 Å². The monoisotopic (exact) mass is 180 g/mol. The third kappa shape index (κ3) is 1.11. The summed E-state index contributed by atoms with van der Waals surface area (Å²) in [6.45, 7) is 0. The molecule has 2 N–H and O–H groups in total. The molecule has 0 radical (unpaired) electrons. The maximum Gasteiger partial charge on any atom is 0.166 e. The van der Waals surface area contributed by atoms with E-state index in [1.54, 1.807) is 0 Å². The fraction of sp³-hybridized carbons (Fsp3) is 0. The number of fused-ring (bicyclic) bond motifs is 1. The van der Waals surface area contributed by atoms with Gasteiger partial charge < -0.3 is 5.73 Å². The van der Waals surface area contributed by atoms with Gasteiger partial charge in [-0.2, -0.15) is 0 Å². The van der Waals surface area contributed by atoms with Crippen LogP contribution in [0, 0.1) is 11.6 Å². The Hall–Kier alpha value is -1.71. The van der Waals surface area contributed by atoms with Gasteiger partial charge in [0.15, 0.2) is 11.6 Å². The SMILES string of the molecule is Nc1nccc2c(F)c(F)ccc12. The van der Waals surface area contributed by atoms with E-state index in [0.717, 1.165) is 6.07 Å². The molecule has 0 bridgehead atoms. The molecule has 0 fully saturated rings. The van der Waals surface area contributed by atoms with Crippen molar-refractivity contribution in [1.82, 2.24) is 4.98 Å². The first-order chi connectivity index (χ1) is 6.20. The van der Waals surface area contributed by atoms with E-state index in [4.69, 9.17) is 5.73 Å². The van der Waals surface area contributed by atoms with E-state index >= 15 is 0 Å². The van der Waals surface area contributed by atoms with E-state index < -0.39 is 11.6 Å². The average Bonchev–Trinajstić information content (AvgIpc) is 2.12. The molecule has 2 nitrogen and oxygen atoms in total. The standard InChI is InChI=1S/C9H6F2N2/c10-7-2-1-6-5(8(7)11)3-4-13-9(6)12/h1-4H,(H2,12,13). The molecular weight excluding hydrogens is 174 g/mol. The molecular formula is C9H6F2N2. The Labute approximate surface area is 73.0 Å². The van der Waals surface area contributed by atoms with Gasteiger partial charge in [-0.1, -0.05) is 0 Å². The molecule has 1 heterocycles. The van der Waals surface area contributed by atoms with Crippen molar-refractivity contribution in [1.29, 1.82) is 0 Å². The first kappa shape index (κ1) is 7.91. The van der Waals surface area contributed by atoms with Crippen LogP contribution in [0.1, 0.15) is 0 Å². The highest BCUT2D eigenvalue weighted by Gasteiger charge is 2.08. The van der Waals surface area contributed by atoms with E-state index in [-0.39, 0.29) is 11.2 Å². The van der Waals surface area contributed by atoms with Gasteiger partial charge >= 0.3 is 0 Å². The van der Waals surface area contributed by atoms with Crippen molar-refractivity contribution in [2.24, 2.45) is 0 Å². The molecule has 66 valence electrons. The number of hydrogen-bond acceptors (Lipinski definition) is 2. The number of rotatable bonds is 0. The lowest BCUT2D eigenvalue weighted by Gasteiger charge is -2.01. The lowest BCUT2D eigenvalue weighted by Crippen LogP contribution is -1.93. The smallest absolute Gasteiger partial charge is 0.166 e. The van der Waals surface area contributed by atoms with Gasteiger partial charge in [-0.25, -0.2) is 13.8 Å². The van der Waals surface area contributed by atoms with Crippen LogP contribution in [0.2, 0.25) is 0 Å². The van der Waals surface area contributed by atoms with E-state index in [2.05, 4.69) is 4.98 Å². The average molecular weight is 180 g/mol. The first-order valence-corrected chi connectivity index (χ1v) is 3.68. The summed E-state index contributed by atoms with van der Waals surface area (Å²) in [7, 11) is 0. The van der Waals surface area contributed by atoms with Crippen molar-refractivity contribution in [3.8, 4) is 0 Å². The fourth-order valence-corrected chi connectivity index (χ4v) is 1.21. The van der Waals surface area contributed by atoms with Crippen molar-refractivity contribution < 1.29 is 8.78 Å². The van der Waals surface area contributed by atoms with Crippen LogP contribution < -0.4 is 5.73 Å². The van der Waals surface area contributed by atoms with Crippen molar-refractivity contribution >= 4 is 16.6 Å². The van der Waals surface area contributed by atoms with Crippen LogP contribution in [0.3, 0.4) is 0 Å². The third-order valence-electron chi connectivity index (χ3n) is 1.86. The molecule has 0 saturated heterocycles. The van der Waals surface area contributed by atoms with Gasteiger partial charge in [0.05, 0.1) is 0 Å². The number of nitrogens with two attached hydrogens (primary N) is 1. The molecule has 1 aromatic carbocycles. The summed E-state index contributed by atoms with van der Waals surface area (Å²) >= 11 is 0. The first-order valence-electron chi connectivity index (χ1n) is 3.68. The Morgan fingerprint density at radius 3 is 2.62 bits per heavy atom. The van der Waals surface area contributed by atoms with Crippen LogP contribution in [0.15, 0.2) is 24.4 Å². The van der Waals surface area contributed by atoms with Crippen molar-refractivity contribution in [2.45, 2.75) is 0 Å². The Morgan fingerprint density at radius 1 is 1.08 bits per heavy atom. The topological polar surface area (TPSA) is 38.9 Å². The Bertz CT molecular complexity index is 468. The van der Waals surface area contributed by atoms with Crippen LogP contribution in [-0.4, -0.2) is 4.98 Å². The van der Waals surface area contributed by atoms with Gasteiger partial charge in [-0.15, -0.1) is 0 Å². The minimum absolute atomic E-state index is 0.160. The van der Waals surface area contributed by atoms with Gasteiger partial charge in [-0.3, -0.25) is 0 Å². The summed E-state index contributed by atoms with van der Waals surface area (Å²) in [5.74, 6) is -1.55. The third-order valence-corrected chi connectivity index (χ3v) is 1.86. The van der Waals surface area contributed by atoms with Gasteiger partial charge in [0.1, 0.15) is 5.82 Å². The summed E-state index contributed by atoms with van der Waals surface area (Å²) in [6.07, 6.45) is 1.35. The molecule has 0 aliphatic carbocycles. The van der Waals surface area contributed by atoms with Gasteiger partial charge in [0.25, 0.3) is 0 Å². The predicted molar refractivity (Wildman–Crippen MR) is 46.1 cm³/mol. The second-order valence-electron chi connectivity index (χ2n) is 2.65. The normalized spacial score (nSPS) is 10.6. The number of anilines is 1. The second-order valence-corrected chi connectivity index (χ2v) is 2.65. The number of pyridine rings is 1. The van der Waals surface area contributed by atoms with Crippen LogP contribution in [0.4, 0.5) is 14.6 Å². The summed E-state index contributed by atoms with van der Waals surface area (Å²) in [4.78, 5) is 3.77. The number of nitrogen functional groups attached to an aromatic ring is 1. The minimum atomic E-state index is -0.883. The molecule has 13 heavy (non-hydrogen) atoms. The van der Waals surface area contributed by atoms with Gasteiger partial charge in [0.2, 0.25) is 0 Å². The maximum absolute atomic E-state index is 13.1. The largest absolute Gasteiger partial charge is 0.383 e. The van der Waals surface area contributed by atoms with E-state index in [1.165, 1.54) is 18.3 Å². The molecule has 4 heteroatoms. The lowest BCUT2D eigenvalue weighted by molar-refractivity contribution is 0.517. The molecule has 0 saturated carbocycles. The second kappa shape index (κ2) is 2.65. The molecule has 0 aliphatic heterocycles. The highest BCUT2D eigenvalue weighted by Crippen LogP contribution is 2.22. The molecule has 0 spiro atoms. The molecule has 0 atom stereocenters. The molecule has 0 unspecified atom stereocenters. The van der Waals surface area contributed by atoms with E-state index in [9.17, 15) is 8.78 Å². The van der Waals surface area contributed by atoms with E-state index in [0.29, 0.717) is 5.39 Å². The Morgan fingerprint density at radius 2 is 1.85 bits per heavy atom. The molecule has 2 aromatic rings. The lowest BCUT2D eigenvalue weighted by atomic mass is 10.1.